The maximum atomic E-state index is 13.7. The molecule has 2 aromatic carbocycles. The van der Waals surface area contributed by atoms with Crippen LogP contribution in [0.25, 0.3) is 0 Å². The largest absolute Gasteiger partial charge is 0.297 e. The monoisotopic (exact) mass is 479 g/mol. The lowest BCUT2D eigenvalue weighted by molar-refractivity contribution is -0.136. The Balaban J connectivity index is 1.66. The van der Waals surface area contributed by atoms with Crippen molar-refractivity contribution in [3.63, 3.8) is 0 Å². The standard InChI is InChI=1S/C24H22BrN3O3/c1-24(2,3)21(29)20-18-17(19-16-7-5-4-6-13(16)12-26-28(19)20)22(30)27(23(18)31)15-10-8-14(25)9-11-15/h4-12,17-20H,1-3H3/t17-,18+,19+,20+/m0/s1. The third-order valence-electron chi connectivity index (χ3n) is 6.39. The summed E-state index contributed by atoms with van der Waals surface area (Å²) < 4.78 is 0.859. The Morgan fingerprint density at radius 1 is 0.968 bits per heavy atom. The van der Waals surface area contributed by atoms with Crippen LogP contribution < -0.4 is 4.90 Å². The van der Waals surface area contributed by atoms with E-state index in [-0.39, 0.29) is 17.6 Å². The van der Waals surface area contributed by atoms with E-state index in [0.29, 0.717) is 5.69 Å². The second kappa shape index (κ2) is 6.85. The third-order valence-corrected chi connectivity index (χ3v) is 6.91. The number of anilines is 1. The van der Waals surface area contributed by atoms with Gasteiger partial charge in [-0.2, -0.15) is 5.10 Å². The number of rotatable bonds is 2. The second-order valence-corrected chi connectivity index (χ2v) is 10.2. The van der Waals surface area contributed by atoms with Gasteiger partial charge < -0.3 is 0 Å². The lowest BCUT2D eigenvalue weighted by Crippen LogP contribution is -2.48. The molecule has 4 atom stereocenters. The normalized spacial score (nSPS) is 26.7. The molecule has 31 heavy (non-hydrogen) atoms. The first-order valence-corrected chi connectivity index (χ1v) is 11.1. The molecule has 0 spiro atoms. The zero-order valence-corrected chi connectivity index (χ0v) is 19.0. The predicted molar refractivity (Wildman–Crippen MR) is 120 cm³/mol. The van der Waals surface area contributed by atoms with Crippen LogP contribution in [0.3, 0.4) is 0 Å². The topological polar surface area (TPSA) is 70.0 Å². The first-order chi connectivity index (χ1) is 14.7. The van der Waals surface area contributed by atoms with Crippen LogP contribution in [0.4, 0.5) is 5.69 Å². The second-order valence-electron chi connectivity index (χ2n) is 9.30. The summed E-state index contributed by atoms with van der Waals surface area (Å²) >= 11 is 3.39. The Hall–Kier alpha value is -2.80. The molecule has 0 bridgehead atoms. The van der Waals surface area contributed by atoms with Gasteiger partial charge in [0, 0.05) is 9.89 Å². The number of hydrogen-bond donors (Lipinski definition) is 0. The molecule has 3 aliphatic heterocycles. The van der Waals surface area contributed by atoms with E-state index in [0.717, 1.165) is 15.6 Å². The summed E-state index contributed by atoms with van der Waals surface area (Å²) in [5.74, 6) is -2.12. The van der Waals surface area contributed by atoms with Gasteiger partial charge in [-0.05, 0) is 35.4 Å². The molecule has 0 aliphatic carbocycles. The van der Waals surface area contributed by atoms with E-state index in [9.17, 15) is 14.4 Å². The number of hydrogen-bond acceptors (Lipinski definition) is 5. The van der Waals surface area contributed by atoms with Gasteiger partial charge in [-0.1, -0.05) is 61.0 Å². The number of fused-ring (bicyclic) bond motifs is 5. The van der Waals surface area contributed by atoms with Crippen LogP contribution in [0.5, 0.6) is 0 Å². The molecule has 2 aromatic rings. The van der Waals surface area contributed by atoms with Gasteiger partial charge in [-0.15, -0.1) is 0 Å². The highest BCUT2D eigenvalue weighted by Crippen LogP contribution is 2.53. The highest BCUT2D eigenvalue weighted by atomic mass is 79.9. The molecule has 158 valence electrons. The van der Waals surface area contributed by atoms with Crippen LogP contribution in [-0.4, -0.2) is 34.9 Å². The number of amides is 2. The van der Waals surface area contributed by atoms with Crippen LogP contribution in [0.15, 0.2) is 58.1 Å². The van der Waals surface area contributed by atoms with Crippen LogP contribution in [0.2, 0.25) is 0 Å². The van der Waals surface area contributed by atoms with Gasteiger partial charge in [0.1, 0.15) is 6.04 Å². The van der Waals surface area contributed by atoms with Crippen molar-refractivity contribution in [1.29, 1.82) is 0 Å². The van der Waals surface area contributed by atoms with E-state index in [2.05, 4.69) is 21.0 Å². The van der Waals surface area contributed by atoms with E-state index in [1.165, 1.54) is 4.90 Å². The Labute approximate surface area is 189 Å². The third kappa shape index (κ3) is 2.90. The van der Waals surface area contributed by atoms with Gasteiger partial charge >= 0.3 is 0 Å². The first-order valence-electron chi connectivity index (χ1n) is 10.3. The van der Waals surface area contributed by atoms with Gasteiger partial charge in [0.2, 0.25) is 11.8 Å². The van der Waals surface area contributed by atoms with Gasteiger partial charge in [-0.25, -0.2) is 4.90 Å². The lowest BCUT2D eigenvalue weighted by Gasteiger charge is -2.35. The molecule has 3 heterocycles. The summed E-state index contributed by atoms with van der Waals surface area (Å²) in [6.45, 7) is 5.52. The minimum Gasteiger partial charge on any atom is -0.297 e. The maximum absolute atomic E-state index is 13.7. The van der Waals surface area contributed by atoms with E-state index in [1.54, 1.807) is 35.5 Å². The van der Waals surface area contributed by atoms with Crippen LogP contribution in [0.1, 0.15) is 37.9 Å². The number of halogens is 1. The Bertz CT molecular complexity index is 1140. The zero-order valence-electron chi connectivity index (χ0n) is 17.4. The number of nitrogens with zero attached hydrogens (tertiary/aromatic N) is 3. The molecule has 2 amide bonds. The molecule has 5 rings (SSSR count). The number of carbonyl (C=O) groups is 3. The van der Waals surface area contributed by atoms with Crippen molar-refractivity contribution in [2.45, 2.75) is 32.9 Å². The van der Waals surface area contributed by atoms with E-state index < -0.39 is 29.3 Å². The fraction of sp³-hybridized carbons (Fsp3) is 0.333. The van der Waals surface area contributed by atoms with Crippen molar-refractivity contribution in [1.82, 2.24) is 5.01 Å². The quantitative estimate of drug-likeness (QED) is 0.611. The van der Waals surface area contributed by atoms with Crippen molar-refractivity contribution in [2.75, 3.05) is 4.90 Å². The number of benzene rings is 2. The van der Waals surface area contributed by atoms with Gasteiger partial charge in [0.15, 0.2) is 5.78 Å². The van der Waals surface area contributed by atoms with Crippen molar-refractivity contribution in [2.24, 2.45) is 22.4 Å². The Morgan fingerprint density at radius 3 is 2.29 bits per heavy atom. The average molecular weight is 480 g/mol. The smallest absolute Gasteiger partial charge is 0.240 e. The summed E-state index contributed by atoms with van der Waals surface area (Å²) in [4.78, 5) is 42.1. The molecule has 7 heteroatoms. The van der Waals surface area contributed by atoms with E-state index >= 15 is 0 Å². The molecule has 0 unspecified atom stereocenters. The summed E-state index contributed by atoms with van der Waals surface area (Å²) in [5, 5.41) is 6.28. The summed E-state index contributed by atoms with van der Waals surface area (Å²) in [7, 11) is 0. The SMILES string of the molecule is CC(C)(C)C(=O)[C@H]1[C@@H]2C(=O)N(c3ccc(Br)cc3)C(=O)[C@@H]2[C@H]2c3ccccc3C=NN21. The minimum atomic E-state index is -0.781. The molecular weight excluding hydrogens is 458 g/mol. The maximum Gasteiger partial charge on any atom is 0.240 e. The summed E-state index contributed by atoms with van der Waals surface area (Å²) in [6.07, 6.45) is 1.72. The molecule has 0 saturated carbocycles. The molecule has 6 nitrogen and oxygen atoms in total. The van der Waals surface area contributed by atoms with E-state index in [1.807, 2.05) is 45.0 Å². The van der Waals surface area contributed by atoms with E-state index in [4.69, 9.17) is 0 Å². The molecule has 3 aliphatic rings. The highest BCUT2D eigenvalue weighted by molar-refractivity contribution is 9.10. The fourth-order valence-electron chi connectivity index (χ4n) is 4.96. The molecule has 2 saturated heterocycles. The minimum absolute atomic E-state index is 0.0830. The Morgan fingerprint density at radius 2 is 1.61 bits per heavy atom. The number of Topliss-reactive ketones (excluding diaryl/α,β-unsaturated/α-hetero) is 1. The molecule has 0 radical (unpaired) electrons. The average Bonchev–Trinajstić information content (AvgIpc) is 3.20. The summed E-state index contributed by atoms with van der Waals surface area (Å²) in [5.41, 5.74) is 1.68. The van der Waals surface area contributed by atoms with Crippen molar-refractivity contribution in [3.05, 3.63) is 64.1 Å². The van der Waals surface area contributed by atoms with Gasteiger partial charge in [0.05, 0.1) is 29.8 Å². The number of carbonyl (C=O) groups excluding carboxylic acids is 3. The predicted octanol–water partition coefficient (Wildman–Crippen LogP) is 3.94. The van der Waals surface area contributed by atoms with Crippen molar-refractivity contribution in [3.8, 4) is 0 Å². The van der Waals surface area contributed by atoms with Crippen molar-refractivity contribution < 1.29 is 14.4 Å². The number of hydrazone groups is 1. The molecule has 2 fully saturated rings. The molecular formula is C24H22BrN3O3. The van der Waals surface area contributed by atoms with Crippen molar-refractivity contribution >= 4 is 45.4 Å². The van der Waals surface area contributed by atoms with Crippen LogP contribution in [0, 0.1) is 17.3 Å². The zero-order chi connectivity index (χ0) is 22.1. The molecule has 0 N–H and O–H groups in total. The Kier molecular flexibility index (Phi) is 4.45. The molecule has 0 aromatic heterocycles. The first kappa shape index (κ1) is 20.1. The highest BCUT2D eigenvalue weighted by Gasteiger charge is 2.66. The number of imide groups is 1. The summed E-state index contributed by atoms with van der Waals surface area (Å²) in [6, 6.07) is 13.6. The van der Waals surface area contributed by atoms with Gasteiger partial charge in [-0.3, -0.25) is 19.4 Å². The van der Waals surface area contributed by atoms with Gasteiger partial charge in [0.25, 0.3) is 0 Å². The van der Waals surface area contributed by atoms with Crippen LogP contribution >= 0.6 is 15.9 Å². The number of ketones is 1. The lowest BCUT2D eigenvalue weighted by atomic mass is 9.79. The van der Waals surface area contributed by atoms with Crippen LogP contribution in [-0.2, 0) is 14.4 Å². The fourth-order valence-corrected chi connectivity index (χ4v) is 5.22.